The molecular formula is C24H25F4N3O2S. The molecule has 0 saturated heterocycles. The van der Waals surface area contributed by atoms with Gasteiger partial charge in [0.1, 0.15) is 23.2 Å². The third-order valence-electron chi connectivity index (χ3n) is 4.79. The maximum Gasteiger partial charge on any atom is 0.200 e. The molecular weight excluding hydrogens is 470 g/mol. The molecule has 3 N–H and O–H groups in total. The van der Waals surface area contributed by atoms with Gasteiger partial charge in [-0.15, -0.1) is 0 Å². The van der Waals surface area contributed by atoms with E-state index in [-0.39, 0.29) is 16.1 Å². The number of carbonyl (C=O) groups is 1. The van der Waals surface area contributed by atoms with Gasteiger partial charge >= 0.3 is 0 Å². The molecule has 34 heavy (non-hydrogen) atoms. The number of rotatable bonds is 6. The maximum absolute atomic E-state index is 15.2. The minimum atomic E-state index is -1.16. The number of hydrogen-bond acceptors (Lipinski definition) is 4. The van der Waals surface area contributed by atoms with Crippen LogP contribution in [-0.4, -0.2) is 23.1 Å². The van der Waals surface area contributed by atoms with Gasteiger partial charge in [0.15, 0.2) is 5.82 Å². The molecule has 5 nitrogen and oxygen atoms in total. The zero-order chi connectivity index (χ0) is 25.4. The summed E-state index contributed by atoms with van der Waals surface area (Å²) in [7, 11) is 1.45. The molecule has 0 aliphatic heterocycles. The second kappa shape index (κ2) is 12.2. The standard InChI is InChI=1S/C22H19F4N3O2S.C2H6/c1-11-12(2)18(31-3)10-28-27-9-14(11)22(30)20-16(25)6-7-17(21(20)26)29-32-19-8-13(23)4-5-15(19)24;1-2/h4-10,27-29H,1-3H3;1-2H3. The van der Waals surface area contributed by atoms with E-state index in [1.807, 2.05) is 13.8 Å². The Bertz CT molecular complexity index is 1220. The van der Waals surface area contributed by atoms with E-state index in [0.717, 1.165) is 30.3 Å². The van der Waals surface area contributed by atoms with Gasteiger partial charge < -0.3 is 19.7 Å². The predicted molar refractivity (Wildman–Crippen MR) is 126 cm³/mol. The zero-order valence-electron chi connectivity index (χ0n) is 19.3. The number of carbonyl (C=O) groups excluding carboxylic acids is 1. The molecule has 0 bridgehead atoms. The van der Waals surface area contributed by atoms with Crippen molar-refractivity contribution in [1.82, 2.24) is 10.2 Å². The Labute approximate surface area is 199 Å². The lowest BCUT2D eigenvalue weighted by Crippen LogP contribution is -2.11. The van der Waals surface area contributed by atoms with Gasteiger partial charge in [-0.05, 0) is 67.3 Å². The van der Waals surface area contributed by atoms with Gasteiger partial charge in [0.2, 0.25) is 5.78 Å². The van der Waals surface area contributed by atoms with Gasteiger partial charge in [-0.2, -0.15) is 0 Å². The van der Waals surface area contributed by atoms with E-state index in [1.165, 1.54) is 19.5 Å². The van der Waals surface area contributed by atoms with Crippen LogP contribution in [-0.2, 0) is 0 Å². The van der Waals surface area contributed by atoms with Gasteiger partial charge in [-0.1, -0.05) is 13.8 Å². The first-order valence-electron chi connectivity index (χ1n) is 10.3. The van der Waals surface area contributed by atoms with Crippen LogP contribution in [0.4, 0.5) is 23.2 Å². The van der Waals surface area contributed by atoms with Crippen LogP contribution in [0.25, 0.3) is 0 Å². The maximum atomic E-state index is 15.2. The van der Waals surface area contributed by atoms with Crippen molar-refractivity contribution in [3.63, 3.8) is 0 Å². The average molecular weight is 496 g/mol. The summed E-state index contributed by atoms with van der Waals surface area (Å²) in [5, 5.41) is 5.35. The fourth-order valence-electron chi connectivity index (χ4n) is 2.91. The molecule has 0 unspecified atom stereocenters. The van der Waals surface area contributed by atoms with Crippen LogP contribution in [0.15, 0.2) is 47.6 Å². The molecule has 182 valence electrons. The number of aromatic nitrogens is 2. The van der Waals surface area contributed by atoms with Crippen molar-refractivity contribution in [3.8, 4) is 5.75 Å². The first kappa shape index (κ1) is 26.8. The second-order valence-corrected chi connectivity index (χ2v) is 7.55. The summed E-state index contributed by atoms with van der Waals surface area (Å²) in [5.41, 5.74) is -0.00830. The summed E-state index contributed by atoms with van der Waals surface area (Å²) in [6.45, 7) is 7.33. The summed E-state index contributed by atoms with van der Waals surface area (Å²) in [6.07, 6.45) is 2.82. The van der Waals surface area contributed by atoms with Crippen molar-refractivity contribution in [2.75, 3.05) is 11.8 Å². The van der Waals surface area contributed by atoms with E-state index >= 15 is 4.39 Å². The van der Waals surface area contributed by atoms with Crippen LogP contribution < -0.4 is 9.46 Å². The molecule has 0 spiro atoms. The highest BCUT2D eigenvalue weighted by atomic mass is 32.2. The molecule has 0 atom stereocenters. The third-order valence-corrected chi connectivity index (χ3v) is 5.64. The molecule has 0 saturated carbocycles. The Balaban J connectivity index is 0.00000199. The van der Waals surface area contributed by atoms with Crippen molar-refractivity contribution >= 4 is 23.4 Å². The lowest BCUT2D eigenvalue weighted by molar-refractivity contribution is 0.103. The number of halogens is 4. The molecule has 0 radical (unpaired) electrons. The fraction of sp³-hybridized carbons (Fsp3) is 0.208. The molecule has 0 aliphatic carbocycles. The lowest BCUT2D eigenvalue weighted by Gasteiger charge is -2.13. The number of hydrogen-bond donors (Lipinski definition) is 3. The Morgan fingerprint density at radius 3 is 2.26 bits per heavy atom. The number of ether oxygens (including phenoxy) is 1. The quantitative estimate of drug-likeness (QED) is 0.195. The van der Waals surface area contributed by atoms with E-state index in [2.05, 4.69) is 14.9 Å². The number of anilines is 1. The predicted octanol–water partition coefficient (Wildman–Crippen LogP) is 7.03. The van der Waals surface area contributed by atoms with Crippen molar-refractivity contribution in [2.24, 2.45) is 0 Å². The summed E-state index contributed by atoms with van der Waals surface area (Å²) in [6, 6.07) is 4.79. The number of H-pyrrole nitrogens is 2. The Morgan fingerprint density at radius 1 is 0.941 bits per heavy atom. The van der Waals surface area contributed by atoms with Crippen LogP contribution in [0.5, 0.6) is 5.75 Å². The van der Waals surface area contributed by atoms with Crippen LogP contribution in [0, 0.1) is 37.1 Å². The first-order chi connectivity index (χ1) is 16.2. The second-order valence-electron chi connectivity index (χ2n) is 6.70. The highest BCUT2D eigenvalue weighted by Gasteiger charge is 2.24. The number of aromatic amines is 2. The van der Waals surface area contributed by atoms with Crippen molar-refractivity contribution in [2.45, 2.75) is 32.6 Å². The van der Waals surface area contributed by atoms with E-state index in [9.17, 15) is 18.0 Å². The Morgan fingerprint density at radius 2 is 1.59 bits per heavy atom. The summed E-state index contributed by atoms with van der Waals surface area (Å²) < 4.78 is 64.6. The van der Waals surface area contributed by atoms with Crippen molar-refractivity contribution < 1.29 is 27.1 Å². The fourth-order valence-corrected chi connectivity index (χ4v) is 3.63. The van der Waals surface area contributed by atoms with Gasteiger partial charge in [0, 0.05) is 11.8 Å². The Hall–Kier alpha value is -3.40. The molecule has 0 aliphatic rings. The van der Waals surface area contributed by atoms with Crippen molar-refractivity contribution in [3.05, 3.63) is 88.2 Å². The highest BCUT2D eigenvalue weighted by Crippen LogP contribution is 2.30. The van der Waals surface area contributed by atoms with Crippen LogP contribution in [0.3, 0.4) is 0 Å². The molecule has 1 heterocycles. The van der Waals surface area contributed by atoms with Gasteiger partial charge in [-0.25, -0.2) is 17.6 Å². The number of nitrogens with one attached hydrogen (secondary N) is 3. The molecule has 1 aromatic heterocycles. The highest BCUT2D eigenvalue weighted by molar-refractivity contribution is 8.00. The minimum Gasteiger partial charge on any atom is -0.495 e. The topological polar surface area (TPSA) is 69.9 Å². The number of benzene rings is 2. The number of ketones is 1. The minimum absolute atomic E-state index is 0.0106. The van der Waals surface area contributed by atoms with E-state index in [1.54, 1.807) is 13.8 Å². The zero-order valence-corrected chi connectivity index (χ0v) is 20.1. The molecule has 3 aromatic rings. The number of methoxy groups -OCH3 is 1. The normalized spacial score (nSPS) is 10.1. The van der Waals surface area contributed by atoms with Crippen LogP contribution >= 0.6 is 11.9 Å². The van der Waals surface area contributed by atoms with E-state index in [4.69, 9.17) is 4.74 Å². The average Bonchev–Trinajstić information content (AvgIpc) is 2.82. The summed E-state index contributed by atoms with van der Waals surface area (Å²) in [5.74, 6) is -4.11. The van der Waals surface area contributed by atoms with Crippen LogP contribution in [0.2, 0.25) is 0 Å². The van der Waals surface area contributed by atoms with Crippen molar-refractivity contribution in [1.29, 1.82) is 0 Å². The molecule has 2 aromatic carbocycles. The van der Waals surface area contributed by atoms with E-state index < -0.39 is 34.6 Å². The van der Waals surface area contributed by atoms with Gasteiger partial charge in [0.25, 0.3) is 0 Å². The van der Waals surface area contributed by atoms with E-state index in [0.29, 0.717) is 28.8 Å². The monoisotopic (exact) mass is 495 g/mol. The summed E-state index contributed by atoms with van der Waals surface area (Å²) >= 11 is 0.592. The lowest BCUT2D eigenvalue weighted by atomic mass is 9.97. The third kappa shape index (κ3) is 5.93. The molecule has 0 fully saturated rings. The SMILES string of the molecule is CC.COc1c[nH][nH]cc(C(=O)c2c(F)ccc(NSc3cc(F)ccc3F)c2F)c(C)c1C. The largest absolute Gasteiger partial charge is 0.495 e. The molecule has 10 heteroatoms. The van der Waals surface area contributed by atoms with Gasteiger partial charge in [-0.3, -0.25) is 4.79 Å². The molecule has 0 amide bonds. The van der Waals surface area contributed by atoms with Crippen LogP contribution in [0.1, 0.15) is 40.9 Å². The smallest absolute Gasteiger partial charge is 0.200 e. The first-order valence-corrected chi connectivity index (χ1v) is 11.1. The van der Waals surface area contributed by atoms with Gasteiger partial charge in [0.05, 0.1) is 29.5 Å². The Kier molecular flexibility index (Phi) is 9.61. The molecule has 3 rings (SSSR count). The summed E-state index contributed by atoms with van der Waals surface area (Å²) in [4.78, 5) is 13.0.